The SMILES string of the molecule is CC(NC(=O)C1CCCN1C(=O)C(Cc1c[nH]c2ccccc12)NC(=O)C1CCCN1)C(=O)O. The van der Waals surface area contributed by atoms with Crippen LogP contribution in [0.3, 0.4) is 0 Å². The van der Waals surface area contributed by atoms with Gasteiger partial charge in [-0.25, -0.2) is 0 Å². The van der Waals surface area contributed by atoms with E-state index in [1.54, 1.807) is 0 Å². The van der Waals surface area contributed by atoms with Crippen LogP contribution >= 0.6 is 0 Å². The molecule has 4 unspecified atom stereocenters. The normalized spacial score (nSPS) is 21.9. The van der Waals surface area contributed by atoms with E-state index in [0.717, 1.165) is 29.4 Å². The molecule has 1 aromatic carbocycles. The number of carbonyl (C=O) groups excluding carboxylic acids is 3. The molecule has 3 heterocycles. The number of fused-ring (bicyclic) bond motifs is 1. The van der Waals surface area contributed by atoms with E-state index in [1.807, 2.05) is 30.5 Å². The van der Waals surface area contributed by atoms with Gasteiger partial charge in [-0.3, -0.25) is 19.2 Å². The Morgan fingerprint density at radius 3 is 2.65 bits per heavy atom. The van der Waals surface area contributed by atoms with Gasteiger partial charge in [-0.05, 0) is 50.8 Å². The fourth-order valence-corrected chi connectivity index (χ4v) is 4.78. The molecule has 0 aliphatic carbocycles. The van der Waals surface area contributed by atoms with Crippen LogP contribution in [-0.4, -0.2) is 75.9 Å². The van der Waals surface area contributed by atoms with E-state index < -0.39 is 30.0 Å². The minimum atomic E-state index is -1.14. The molecular weight excluding hydrogens is 438 g/mol. The third-order valence-electron chi connectivity index (χ3n) is 6.66. The van der Waals surface area contributed by atoms with E-state index in [-0.39, 0.29) is 24.3 Å². The predicted octanol–water partition coefficient (Wildman–Crippen LogP) is 0.528. The molecule has 0 radical (unpaired) electrons. The number of carbonyl (C=O) groups is 4. The van der Waals surface area contributed by atoms with Gasteiger partial charge in [0.25, 0.3) is 0 Å². The van der Waals surface area contributed by atoms with Crippen LogP contribution in [0.15, 0.2) is 30.5 Å². The summed E-state index contributed by atoms with van der Waals surface area (Å²) in [5.41, 5.74) is 1.84. The lowest BCUT2D eigenvalue weighted by Gasteiger charge is -2.29. The predicted molar refractivity (Wildman–Crippen MR) is 125 cm³/mol. The van der Waals surface area contributed by atoms with E-state index in [4.69, 9.17) is 5.11 Å². The van der Waals surface area contributed by atoms with Crippen LogP contribution in [0.4, 0.5) is 0 Å². The first-order chi connectivity index (χ1) is 16.3. The molecular formula is C24H31N5O5. The van der Waals surface area contributed by atoms with Crippen LogP contribution in [0.25, 0.3) is 10.9 Å². The van der Waals surface area contributed by atoms with Crippen molar-refractivity contribution in [3.8, 4) is 0 Å². The molecule has 4 atom stereocenters. The zero-order valence-electron chi connectivity index (χ0n) is 19.2. The third-order valence-corrected chi connectivity index (χ3v) is 6.66. The lowest BCUT2D eigenvalue weighted by Crippen LogP contribution is -2.57. The second-order valence-corrected chi connectivity index (χ2v) is 9.03. The molecule has 2 fully saturated rings. The summed E-state index contributed by atoms with van der Waals surface area (Å²) in [5, 5.41) is 18.6. The van der Waals surface area contributed by atoms with E-state index in [2.05, 4.69) is 20.9 Å². The van der Waals surface area contributed by atoms with E-state index >= 15 is 0 Å². The Hall–Kier alpha value is -3.40. The monoisotopic (exact) mass is 469 g/mol. The molecule has 0 spiro atoms. The molecule has 2 aliphatic rings. The van der Waals surface area contributed by atoms with Gasteiger partial charge in [0, 0.05) is 30.1 Å². The van der Waals surface area contributed by atoms with Crippen molar-refractivity contribution in [1.29, 1.82) is 0 Å². The van der Waals surface area contributed by atoms with E-state index in [1.165, 1.54) is 11.8 Å². The summed E-state index contributed by atoms with van der Waals surface area (Å²) >= 11 is 0. The number of aromatic amines is 1. The topological polar surface area (TPSA) is 144 Å². The minimum Gasteiger partial charge on any atom is -0.480 e. The minimum absolute atomic E-state index is 0.226. The number of hydrogen-bond donors (Lipinski definition) is 5. The van der Waals surface area contributed by atoms with Gasteiger partial charge in [0.15, 0.2) is 0 Å². The van der Waals surface area contributed by atoms with E-state index in [0.29, 0.717) is 25.8 Å². The Balaban J connectivity index is 1.55. The molecule has 10 nitrogen and oxygen atoms in total. The third kappa shape index (κ3) is 5.06. The summed E-state index contributed by atoms with van der Waals surface area (Å²) in [6.45, 7) is 2.52. The number of hydrogen-bond acceptors (Lipinski definition) is 5. The summed E-state index contributed by atoms with van der Waals surface area (Å²) < 4.78 is 0. The lowest BCUT2D eigenvalue weighted by molar-refractivity contribution is -0.144. The van der Waals surface area contributed by atoms with Gasteiger partial charge in [-0.2, -0.15) is 0 Å². The first-order valence-electron chi connectivity index (χ1n) is 11.8. The Morgan fingerprint density at radius 1 is 1.12 bits per heavy atom. The van der Waals surface area contributed by atoms with Crippen LogP contribution in [0.1, 0.15) is 38.2 Å². The van der Waals surface area contributed by atoms with Crippen LogP contribution in [0.5, 0.6) is 0 Å². The molecule has 34 heavy (non-hydrogen) atoms. The quantitative estimate of drug-likeness (QED) is 0.382. The second kappa shape index (κ2) is 10.3. The second-order valence-electron chi connectivity index (χ2n) is 9.03. The number of nitrogens with one attached hydrogen (secondary N) is 4. The number of aromatic nitrogens is 1. The fourth-order valence-electron chi connectivity index (χ4n) is 4.78. The molecule has 1 aromatic heterocycles. The first-order valence-corrected chi connectivity index (χ1v) is 11.8. The van der Waals surface area contributed by atoms with Gasteiger partial charge < -0.3 is 30.9 Å². The maximum absolute atomic E-state index is 13.7. The molecule has 2 aromatic rings. The molecule has 5 N–H and O–H groups in total. The molecule has 10 heteroatoms. The highest BCUT2D eigenvalue weighted by Gasteiger charge is 2.39. The van der Waals surface area contributed by atoms with Crippen molar-refractivity contribution < 1.29 is 24.3 Å². The summed E-state index contributed by atoms with van der Waals surface area (Å²) in [4.78, 5) is 55.2. The van der Waals surface area contributed by atoms with Crippen LogP contribution < -0.4 is 16.0 Å². The number of rotatable bonds is 8. The van der Waals surface area contributed by atoms with Crippen molar-refractivity contribution in [3.05, 3.63) is 36.0 Å². The number of aliphatic carboxylic acids is 1. The summed E-state index contributed by atoms with van der Waals surface area (Å²) in [6.07, 6.45) is 4.80. The van der Waals surface area contributed by atoms with Crippen molar-refractivity contribution >= 4 is 34.6 Å². The number of benzene rings is 1. The zero-order chi connectivity index (χ0) is 24.2. The van der Waals surface area contributed by atoms with Crippen molar-refractivity contribution in [2.24, 2.45) is 0 Å². The van der Waals surface area contributed by atoms with Gasteiger partial charge in [-0.1, -0.05) is 18.2 Å². The van der Waals surface area contributed by atoms with Gasteiger partial charge >= 0.3 is 5.97 Å². The highest BCUT2D eigenvalue weighted by Crippen LogP contribution is 2.23. The number of carboxylic acids is 1. The molecule has 182 valence electrons. The standard InChI is InChI=1S/C24H31N5O5/c1-14(24(33)34)27-22(31)20-9-5-11-29(20)23(32)19(28-21(30)18-8-4-10-25-18)12-15-13-26-17-7-3-2-6-16(15)17/h2-3,6-7,13-14,18-20,25-26H,4-5,8-12H2,1H3,(H,27,31)(H,28,30)(H,33,34). The Labute approximate surface area is 197 Å². The highest BCUT2D eigenvalue weighted by molar-refractivity contribution is 5.95. The molecule has 0 saturated carbocycles. The zero-order valence-corrected chi connectivity index (χ0v) is 19.2. The van der Waals surface area contributed by atoms with Crippen LogP contribution in [-0.2, 0) is 25.6 Å². The van der Waals surface area contributed by atoms with Gasteiger partial charge in [0.05, 0.1) is 6.04 Å². The molecule has 4 rings (SSSR count). The van der Waals surface area contributed by atoms with Gasteiger partial charge in [0.1, 0.15) is 18.1 Å². The number of carboxylic acid groups (broad SMARTS) is 1. The molecule has 2 saturated heterocycles. The number of amides is 3. The Bertz CT molecular complexity index is 1080. The number of H-pyrrole nitrogens is 1. The maximum Gasteiger partial charge on any atom is 0.325 e. The number of likely N-dealkylation sites (tertiary alicyclic amines) is 1. The van der Waals surface area contributed by atoms with Crippen molar-refractivity contribution in [2.45, 2.75) is 63.2 Å². The Morgan fingerprint density at radius 2 is 1.91 bits per heavy atom. The van der Waals surface area contributed by atoms with E-state index in [9.17, 15) is 19.2 Å². The Kier molecular flexibility index (Phi) is 7.16. The van der Waals surface area contributed by atoms with Crippen molar-refractivity contribution in [1.82, 2.24) is 25.8 Å². The average molecular weight is 470 g/mol. The summed E-state index contributed by atoms with van der Waals surface area (Å²) in [7, 11) is 0. The largest absolute Gasteiger partial charge is 0.480 e. The van der Waals surface area contributed by atoms with Crippen LogP contribution in [0.2, 0.25) is 0 Å². The summed E-state index contributed by atoms with van der Waals surface area (Å²) in [6, 6.07) is 4.74. The fraction of sp³-hybridized carbons (Fsp3) is 0.500. The lowest BCUT2D eigenvalue weighted by atomic mass is 10.0. The van der Waals surface area contributed by atoms with Crippen molar-refractivity contribution in [3.63, 3.8) is 0 Å². The maximum atomic E-state index is 13.7. The first kappa shape index (κ1) is 23.7. The van der Waals surface area contributed by atoms with Gasteiger partial charge in [-0.15, -0.1) is 0 Å². The number of nitrogens with zero attached hydrogens (tertiary/aromatic N) is 1. The van der Waals surface area contributed by atoms with Gasteiger partial charge in [0.2, 0.25) is 17.7 Å². The average Bonchev–Trinajstić information content (AvgIpc) is 3.59. The number of para-hydroxylation sites is 1. The summed E-state index contributed by atoms with van der Waals surface area (Å²) in [5.74, 6) is -2.19. The highest BCUT2D eigenvalue weighted by atomic mass is 16.4. The molecule has 2 aliphatic heterocycles. The van der Waals surface area contributed by atoms with Crippen molar-refractivity contribution in [2.75, 3.05) is 13.1 Å². The van der Waals surface area contributed by atoms with Crippen LogP contribution in [0, 0.1) is 0 Å². The smallest absolute Gasteiger partial charge is 0.325 e. The molecule has 0 bridgehead atoms. The molecule has 3 amide bonds.